The first-order chi connectivity index (χ1) is 11.8. The van der Waals surface area contributed by atoms with Crippen LogP contribution in [0.3, 0.4) is 0 Å². The molecule has 1 fully saturated rings. The van der Waals surface area contributed by atoms with Gasteiger partial charge in [-0.2, -0.15) is 0 Å². The molecule has 0 aromatic heterocycles. The van der Waals surface area contributed by atoms with Gasteiger partial charge in [0.1, 0.15) is 0 Å². The van der Waals surface area contributed by atoms with Crippen molar-refractivity contribution in [3.05, 3.63) is 71.8 Å². The monoisotopic (exact) mass is 324 g/mol. The molecule has 24 heavy (non-hydrogen) atoms. The number of hydrogen-bond acceptors (Lipinski definition) is 3. The molecule has 0 radical (unpaired) electrons. The fraction of sp³-hybridized carbons (Fsp3) is 0.350. The molecular formula is C20H24N2O2. The lowest BCUT2D eigenvalue weighted by Gasteiger charge is -2.36. The molecular weight excluding hydrogens is 300 g/mol. The number of ether oxygens (including phenoxy) is 1. The third-order valence-electron chi connectivity index (χ3n) is 4.50. The lowest BCUT2D eigenvalue weighted by atomic mass is 10.1. The first kappa shape index (κ1) is 16.7. The third kappa shape index (κ3) is 4.02. The van der Waals surface area contributed by atoms with E-state index in [1.54, 1.807) is 7.11 Å². The van der Waals surface area contributed by atoms with Crippen molar-refractivity contribution in [2.45, 2.75) is 12.6 Å². The topological polar surface area (TPSA) is 32.8 Å². The summed E-state index contributed by atoms with van der Waals surface area (Å²) in [6.45, 7) is 4.23. The summed E-state index contributed by atoms with van der Waals surface area (Å²) in [5.41, 5.74) is 2.23. The smallest absolute Gasteiger partial charge is 0.256 e. The van der Waals surface area contributed by atoms with Crippen LogP contribution in [0.2, 0.25) is 0 Å². The molecule has 1 aliphatic rings. The van der Waals surface area contributed by atoms with E-state index in [-0.39, 0.29) is 5.91 Å². The molecule has 0 spiro atoms. The van der Waals surface area contributed by atoms with Crippen molar-refractivity contribution in [1.82, 2.24) is 9.80 Å². The zero-order chi connectivity index (χ0) is 16.8. The largest absolute Gasteiger partial charge is 0.367 e. The van der Waals surface area contributed by atoms with Crippen molar-refractivity contribution in [2.75, 3.05) is 33.3 Å². The van der Waals surface area contributed by atoms with Crippen LogP contribution in [0.1, 0.15) is 17.2 Å². The lowest BCUT2D eigenvalue weighted by molar-refractivity contribution is -0.144. The van der Waals surface area contributed by atoms with Crippen molar-refractivity contribution in [2.24, 2.45) is 0 Å². The molecule has 3 rings (SSSR count). The van der Waals surface area contributed by atoms with Gasteiger partial charge in [-0.05, 0) is 11.1 Å². The van der Waals surface area contributed by atoms with Crippen molar-refractivity contribution in [1.29, 1.82) is 0 Å². The van der Waals surface area contributed by atoms with Crippen LogP contribution in [0.25, 0.3) is 0 Å². The molecule has 0 unspecified atom stereocenters. The first-order valence-electron chi connectivity index (χ1n) is 8.41. The summed E-state index contributed by atoms with van der Waals surface area (Å²) < 4.78 is 5.47. The van der Waals surface area contributed by atoms with Gasteiger partial charge in [0.25, 0.3) is 5.91 Å². The van der Waals surface area contributed by atoms with Crippen molar-refractivity contribution >= 4 is 5.91 Å². The minimum absolute atomic E-state index is 0.0584. The predicted molar refractivity (Wildman–Crippen MR) is 94.5 cm³/mol. The average Bonchev–Trinajstić information content (AvgIpc) is 2.65. The van der Waals surface area contributed by atoms with Gasteiger partial charge < -0.3 is 9.64 Å². The van der Waals surface area contributed by atoms with E-state index >= 15 is 0 Å². The molecule has 0 saturated carbocycles. The number of amides is 1. The van der Waals surface area contributed by atoms with Gasteiger partial charge in [-0.15, -0.1) is 0 Å². The van der Waals surface area contributed by atoms with E-state index < -0.39 is 6.10 Å². The van der Waals surface area contributed by atoms with Crippen LogP contribution >= 0.6 is 0 Å². The lowest BCUT2D eigenvalue weighted by Crippen LogP contribution is -2.49. The molecule has 1 saturated heterocycles. The number of methoxy groups -OCH3 is 1. The average molecular weight is 324 g/mol. The second-order valence-electron chi connectivity index (χ2n) is 6.11. The number of hydrogen-bond donors (Lipinski definition) is 0. The fourth-order valence-corrected chi connectivity index (χ4v) is 3.14. The van der Waals surface area contributed by atoms with Crippen molar-refractivity contribution in [3.8, 4) is 0 Å². The van der Waals surface area contributed by atoms with Crippen molar-refractivity contribution < 1.29 is 9.53 Å². The van der Waals surface area contributed by atoms with Gasteiger partial charge in [0.2, 0.25) is 0 Å². The Morgan fingerprint density at radius 3 is 2.12 bits per heavy atom. The van der Waals surface area contributed by atoms with Gasteiger partial charge in [0.15, 0.2) is 6.10 Å². The number of benzene rings is 2. The van der Waals surface area contributed by atoms with Crippen LogP contribution < -0.4 is 0 Å². The highest BCUT2D eigenvalue weighted by molar-refractivity contribution is 5.82. The zero-order valence-corrected chi connectivity index (χ0v) is 14.1. The molecule has 1 atom stereocenters. The Bertz CT molecular complexity index is 637. The maximum atomic E-state index is 12.8. The number of carbonyl (C=O) groups is 1. The molecule has 126 valence electrons. The van der Waals surface area contributed by atoms with E-state index in [1.165, 1.54) is 5.56 Å². The van der Waals surface area contributed by atoms with Crippen LogP contribution in [-0.4, -0.2) is 49.0 Å². The Hall–Kier alpha value is -2.17. The zero-order valence-electron chi connectivity index (χ0n) is 14.1. The summed E-state index contributed by atoms with van der Waals surface area (Å²) in [6, 6.07) is 20.2. The minimum atomic E-state index is -0.508. The molecule has 0 N–H and O–H groups in total. The molecule has 1 heterocycles. The molecule has 4 heteroatoms. The molecule has 4 nitrogen and oxygen atoms in total. The number of nitrogens with zero attached hydrogens (tertiary/aromatic N) is 2. The van der Waals surface area contributed by atoms with E-state index in [0.717, 1.165) is 38.3 Å². The molecule has 2 aromatic rings. The van der Waals surface area contributed by atoms with Crippen LogP contribution in [0.4, 0.5) is 0 Å². The molecule has 0 aliphatic carbocycles. The summed E-state index contributed by atoms with van der Waals surface area (Å²) in [5.74, 6) is 0.0584. The van der Waals surface area contributed by atoms with Crippen LogP contribution in [-0.2, 0) is 16.1 Å². The Kier molecular flexibility index (Phi) is 5.62. The number of carbonyl (C=O) groups excluding carboxylic acids is 1. The highest BCUT2D eigenvalue weighted by atomic mass is 16.5. The Morgan fingerprint density at radius 1 is 0.958 bits per heavy atom. The maximum Gasteiger partial charge on any atom is 0.256 e. The Labute approximate surface area is 143 Å². The molecule has 1 aliphatic heterocycles. The highest BCUT2D eigenvalue weighted by Gasteiger charge is 2.28. The van der Waals surface area contributed by atoms with E-state index in [0.29, 0.717) is 0 Å². The quantitative estimate of drug-likeness (QED) is 0.848. The van der Waals surface area contributed by atoms with E-state index in [9.17, 15) is 4.79 Å². The predicted octanol–water partition coefficient (Wildman–Crippen LogP) is 2.72. The van der Waals surface area contributed by atoms with E-state index in [4.69, 9.17) is 4.74 Å². The summed E-state index contributed by atoms with van der Waals surface area (Å²) in [6.07, 6.45) is -0.508. The molecule has 2 aromatic carbocycles. The van der Waals surface area contributed by atoms with Gasteiger partial charge >= 0.3 is 0 Å². The van der Waals surface area contributed by atoms with Crippen LogP contribution in [0, 0.1) is 0 Å². The van der Waals surface area contributed by atoms with Gasteiger partial charge in [0.05, 0.1) is 0 Å². The van der Waals surface area contributed by atoms with Gasteiger partial charge in [0, 0.05) is 39.8 Å². The first-order valence-corrected chi connectivity index (χ1v) is 8.41. The van der Waals surface area contributed by atoms with Gasteiger partial charge in [-0.1, -0.05) is 60.7 Å². The van der Waals surface area contributed by atoms with Crippen molar-refractivity contribution in [3.63, 3.8) is 0 Å². The standard InChI is InChI=1S/C20H24N2O2/c1-24-19(18-10-6-3-7-11-18)20(23)22-14-12-21(13-15-22)16-17-8-4-2-5-9-17/h2-11,19H,12-16H2,1H3/t19-/m0/s1. The second-order valence-corrected chi connectivity index (χ2v) is 6.11. The summed E-state index contributed by atoms with van der Waals surface area (Å²) in [4.78, 5) is 17.1. The molecule has 0 bridgehead atoms. The van der Waals surface area contributed by atoms with E-state index in [2.05, 4.69) is 29.2 Å². The summed E-state index contributed by atoms with van der Waals surface area (Å²) >= 11 is 0. The van der Waals surface area contributed by atoms with Crippen LogP contribution in [0.5, 0.6) is 0 Å². The highest BCUT2D eigenvalue weighted by Crippen LogP contribution is 2.20. The fourth-order valence-electron chi connectivity index (χ4n) is 3.14. The summed E-state index contributed by atoms with van der Waals surface area (Å²) in [7, 11) is 1.60. The summed E-state index contributed by atoms with van der Waals surface area (Å²) in [5, 5.41) is 0. The minimum Gasteiger partial charge on any atom is -0.367 e. The number of piperazine rings is 1. The third-order valence-corrected chi connectivity index (χ3v) is 4.50. The van der Waals surface area contributed by atoms with Crippen LogP contribution in [0.15, 0.2) is 60.7 Å². The molecule has 1 amide bonds. The second kappa shape index (κ2) is 8.08. The Balaban J connectivity index is 1.56. The van der Waals surface area contributed by atoms with Gasteiger partial charge in [-0.25, -0.2) is 0 Å². The Morgan fingerprint density at radius 2 is 1.54 bits per heavy atom. The normalized spacial score (nSPS) is 16.8. The van der Waals surface area contributed by atoms with Gasteiger partial charge in [-0.3, -0.25) is 9.69 Å². The SMILES string of the molecule is CO[C@H](C(=O)N1CCN(Cc2ccccc2)CC1)c1ccccc1. The van der Waals surface area contributed by atoms with E-state index in [1.807, 2.05) is 41.3 Å². The number of rotatable bonds is 5. The maximum absolute atomic E-state index is 12.8.